The maximum Gasteiger partial charge on any atom is 0.302 e. The highest BCUT2D eigenvalue weighted by molar-refractivity contribution is 5.66. The summed E-state index contributed by atoms with van der Waals surface area (Å²) < 4.78 is 11.5. The highest BCUT2D eigenvalue weighted by atomic mass is 16.5. The third-order valence-electron chi connectivity index (χ3n) is 10.4. The van der Waals surface area contributed by atoms with Crippen LogP contribution in [-0.4, -0.2) is 22.2 Å². The number of hydrogen-bond acceptors (Lipinski definition) is 5. The van der Waals surface area contributed by atoms with Gasteiger partial charge in [-0.3, -0.25) is 4.79 Å². The van der Waals surface area contributed by atoms with Gasteiger partial charge in [-0.05, 0) is 80.5 Å². The van der Waals surface area contributed by atoms with Crippen LogP contribution in [-0.2, 0) is 9.53 Å². The van der Waals surface area contributed by atoms with Crippen molar-refractivity contribution in [3.63, 3.8) is 0 Å². The van der Waals surface area contributed by atoms with Gasteiger partial charge in [-0.2, -0.15) is 4.98 Å². The van der Waals surface area contributed by atoms with Crippen molar-refractivity contribution < 1.29 is 14.1 Å². The number of rotatable bonds is 3. The minimum Gasteiger partial charge on any atom is -0.462 e. The van der Waals surface area contributed by atoms with E-state index in [1.165, 1.54) is 31.7 Å². The highest BCUT2D eigenvalue weighted by Gasteiger charge is 2.60. The summed E-state index contributed by atoms with van der Waals surface area (Å²) in [7, 11) is 0. The van der Waals surface area contributed by atoms with E-state index >= 15 is 0 Å². The summed E-state index contributed by atoms with van der Waals surface area (Å²) in [5.74, 6) is 3.89. The zero-order valence-corrected chi connectivity index (χ0v) is 21.5. The zero-order chi connectivity index (χ0) is 24.4. The molecule has 0 N–H and O–H groups in total. The molecule has 0 radical (unpaired) electrons. The molecule has 6 rings (SSSR count). The van der Waals surface area contributed by atoms with Crippen LogP contribution in [0.2, 0.25) is 0 Å². The van der Waals surface area contributed by atoms with Gasteiger partial charge in [0.25, 0.3) is 0 Å². The molecule has 3 saturated carbocycles. The SMILES string of the molecule is CC(=O)O[C@H]1CC[C@@]2(C)C(=CC[C@H]3[C@@H]4CC[C@H](c5nc(-c6ccc(C)cc6)no5)[C@@]4(C)CC[C@@H]32)C1. The summed E-state index contributed by atoms with van der Waals surface area (Å²) in [6, 6.07) is 8.36. The quantitative estimate of drug-likeness (QED) is 0.353. The molecule has 0 unspecified atom stereocenters. The normalized spacial score (nSPS) is 38.2. The molecule has 0 saturated heterocycles. The lowest BCUT2D eigenvalue weighted by molar-refractivity contribution is -0.148. The minimum absolute atomic E-state index is 0.0633. The summed E-state index contributed by atoms with van der Waals surface area (Å²) in [6.45, 7) is 8.63. The number of carbonyl (C=O) groups is 1. The first kappa shape index (κ1) is 23.0. The Morgan fingerprint density at radius 1 is 1.06 bits per heavy atom. The molecule has 5 heteroatoms. The van der Waals surface area contributed by atoms with E-state index in [9.17, 15) is 4.79 Å². The molecular formula is C30H38N2O3. The lowest BCUT2D eigenvalue weighted by Crippen LogP contribution is -2.50. The summed E-state index contributed by atoms with van der Waals surface area (Å²) in [4.78, 5) is 16.4. The summed E-state index contributed by atoms with van der Waals surface area (Å²) in [5, 5.41) is 4.37. The smallest absolute Gasteiger partial charge is 0.302 e. The largest absolute Gasteiger partial charge is 0.462 e. The molecule has 35 heavy (non-hydrogen) atoms. The standard InChI is InChI=1S/C30H38N2O3/c1-18-5-7-20(8-6-18)27-31-28(35-32-27)26-12-11-24-23-10-9-21-17-22(34-19(2)33)13-15-29(21,3)25(23)14-16-30(24,26)4/h5-9,22-26H,10-17H2,1-4H3/t22-,23-,24-,25-,26+,29-,30-/m0/s1. The van der Waals surface area contributed by atoms with Crippen molar-refractivity contribution in [1.29, 1.82) is 0 Å². The average Bonchev–Trinajstić information content (AvgIpc) is 3.43. The van der Waals surface area contributed by atoms with Crippen LogP contribution in [0.4, 0.5) is 0 Å². The monoisotopic (exact) mass is 474 g/mol. The van der Waals surface area contributed by atoms with Crippen LogP contribution in [0, 0.1) is 35.5 Å². The number of ether oxygens (including phenoxy) is 1. The molecule has 1 aromatic heterocycles. The number of carbonyl (C=O) groups excluding carboxylic acids is 1. The van der Waals surface area contributed by atoms with Crippen molar-refractivity contribution in [1.82, 2.24) is 10.1 Å². The van der Waals surface area contributed by atoms with Crippen LogP contribution in [0.3, 0.4) is 0 Å². The van der Waals surface area contributed by atoms with E-state index in [0.717, 1.165) is 55.4 Å². The molecule has 1 heterocycles. The molecule has 1 aromatic carbocycles. The second-order valence-electron chi connectivity index (χ2n) is 12.2. The summed E-state index contributed by atoms with van der Waals surface area (Å²) in [5.41, 5.74) is 4.28. The molecule has 3 fully saturated rings. The maximum absolute atomic E-state index is 11.5. The van der Waals surface area contributed by atoms with E-state index in [4.69, 9.17) is 14.2 Å². The lowest BCUT2D eigenvalue weighted by atomic mass is 9.47. The molecule has 7 atom stereocenters. The third-order valence-corrected chi connectivity index (χ3v) is 10.4. The molecule has 0 aliphatic heterocycles. The number of aromatic nitrogens is 2. The van der Waals surface area contributed by atoms with Crippen LogP contribution in [0.5, 0.6) is 0 Å². The van der Waals surface area contributed by atoms with Crippen molar-refractivity contribution in [3.05, 3.63) is 47.4 Å². The van der Waals surface area contributed by atoms with E-state index in [-0.39, 0.29) is 22.9 Å². The van der Waals surface area contributed by atoms with Gasteiger partial charge in [-0.1, -0.05) is 60.5 Å². The van der Waals surface area contributed by atoms with E-state index in [1.54, 1.807) is 5.57 Å². The van der Waals surface area contributed by atoms with E-state index in [0.29, 0.717) is 17.7 Å². The summed E-state index contributed by atoms with van der Waals surface area (Å²) in [6.07, 6.45) is 11.7. The van der Waals surface area contributed by atoms with Crippen LogP contribution in [0.1, 0.15) is 89.5 Å². The topological polar surface area (TPSA) is 65.2 Å². The number of aryl methyl sites for hydroxylation is 1. The van der Waals surface area contributed by atoms with Gasteiger partial charge in [-0.25, -0.2) is 0 Å². The summed E-state index contributed by atoms with van der Waals surface area (Å²) >= 11 is 0. The average molecular weight is 475 g/mol. The van der Waals surface area contributed by atoms with Gasteiger partial charge in [0.2, 0.25) is 11.7 Å². The van der Waals surface area contributed by atoms with Gasteiger partial charge in [0.15, 0.2) is 0 Å². The van der Waals surface area contributed by atoms with Crippen molar-refractivity contribution in [3.8, 4) is 11.4 Å². The van der Waals surface area contributed by atoms with E-state index in [1.807, 2.05) is 0 Å². The first-order valence-corrected chi connectivity index (χ1v) is 13.6. The van der Waals surface area contributed by atoms with Gasteiger partial charge in [0.05, 0.1) is 0 Å². The predicted octanol–water partition coefficient (Wildman–Crippen LogP) is 7.02. The third kappa shape index (κ3) is 3.68. The number of allylic oxidation sites excluding steroid dienone is 1. The molecule has 2 aromatic rings. The van der Waals surface area contributed by atoms with Crippen LogP contribution in [0.25, 0.3) is 11.4 Å². The second-order valence-corrected chi connectivity index (χ2v) is 12.2. The Bertz CT molecular complexity index is 1150. The van der Waals surface area contributed by atoms with E-state index < -0.39 is 0 Å². The number of benzene rings is 1. The Kier molecular flexibility index (Phi) is 5.46. The lowest BCUT2D eigenvalue weighted by Gasteiger charge is -2.57. The predicted molar refractivity (Wildman–Crippen MR) is 134 cm³/mol. The number of hydrogen-bond donors (Lipinski definition) is 0. The van der Waals surface area contributed by atoms with Crippen molar-refractivity contribution in [2.24, 2.45) is 28.6 Å². The van der Waals surface area contributed by atoms with Gasteiger partial charge in [-0.15, -0.1) is 0 Å². The van der Waals surface area contributed by atoms with Gasteiger partial charge in [0, 0.05) is 24.8 Å². The van der Waals surface area contributed by atoms with Crippen molar-refractivity contribution in [2.75, 3.05) is 0 Å². The minimum atomic E-state index is -0.148. The molecule has 0 spiro atoms. The second kappa shape index (κ2) is 8.31. The van der Waals surface area contributed by atoms with Crippen LogP contribution >= 0.6 is 0 Å². The fourth-order valence-corrected chi connectivity index (χ4v) is 8.57. The van der Waals surface area contributed by atoms with Crippen molar-refractivity contribution >= 4 is 5.97 Å². The van der Waals surface area contributed by atoms with Crippen LogP contribution in [0.15, 0.2) is 40.4 Å². The Morgan fingerprint density at radius 2 is 1.86 bits per heavy atom. The fraction of sp³-hybridized carbons (Fsp3) is 0.633. The Morgan fingerprint density at radius 3 is 2.63 bits per heavy atom. The number of fused-ring (bicyclic) bond motifs is 5. The molecule has 5 nitrogen and oxygen atoms in total. The van der Waals surface area contributed by atoms with E-state index in [2.05, 4.69) is 56.3 Å². The number of nitrogens with zero attached hydrogens (tertiary/aromatic N) is 2. The molecule has 4 aliphatic rings. The first-order chi connectivity index (χ1) is 16.8. The molecule has 0 amide bonds. The van der Waals surface area contributed by atoms with Gasteiger partial charge in [0.1, 0.15) is 6.10 Å². The van der Waals surface area contributed by atoms with Crippen LogP contribution < -0.4 is 0 Å². The van der Waals surface area contributed by atoms with Crippen molar-refractivity contribution in [2.45, 2.75) is 91.1 Å². The van der Waals surface area contributed by atoms with Gasteiger partial charge < -0.3 is 9.26 Å². The molecule has 186 valence electrons. The fourth-order valence-electron chi connectivity index (χ4n) is 8.57. The Balaban J connectivity index is 1.23. The maximum atomic E-state index is 11.5. The van der Waals surface area contributed by atoms with Gasteiger partial charge >= 0.3 is 5.97 Å². The highest BCUT2D eigenvalue weighted by Crippen LogP contribution is 2.67. The Labute approximate surface area is 208 Å². The molecule has 0 bridgehead atoms. The first-order valence-electron chi connectivity index (χ1n) is 13.6. The molecule has 4 aliphatic carbocycles. The Hall–Kier alpha value is -2.43. The number of esters is 1. The zero-order valence-electron chi connectivity index (χ0n) is 21.5. The molecular weight excluding hydrogens is 436 g/mol.